The maximum Gasteiger partial charge on any atom is 0.488 e. The lowest BCUT2D eigenvalue weighted by Gasteiger charge is -2.43. The first-order chi connectivity index (χ1) is 8.13. The van der Waals surface area contributed by atoms with E-state index in [0.717, 1.165) is 5.56 Å². The predicted molar refractivity (Wildman–Crippen MR) is 80.2 cm³/mol. The minimum Gasteiger partial charge on any atom is -0.423 e. The van der Waals surface area contributed by atoms with E-state index in [2.05, 4.69) is 33.3 Å². The van der Waals surface area contributed by atoms with Crippen LogP contribution in [0.1, 0.15) is 26.3 Å². The molecule has 0 aliphatic carbocycles. The van der Waals surface area contributed by atoms with Crippen molar-refractivity contribution in [2.75, 3.05) is 12.5 Å². The zero-order chi connectivity index (χ0) is 14.0. The van der Waals surface area contributed by atoms with Gasteiger partial charge < -0.3 is 14.2 Å². The second kappa shape index (κ2) is 5.65. The maximum atomic E-state index is 9.13. The summed E-state index contributed by atoms with van der Waals surface area (Å²) in [4.78, 5) is 0. The van der Waals surface area contributed by atoms with E-state index in [-0.39, 0.29) is 4.75 Å². The minimum absolute atomic E-state index is 0.126. The lowest BCUT2D eigenvalue weighted by atomic mass is 9.80. The summed E-state index contributed by atoms with van der Waals surface area (Å²) in [6.45, 7) is 7.03. The number of rotatable bonds is 4. The van der Waals surface area contributed by atoms with Gasteiger partial charge in [-0.25, -0.2) is 0 Å². The van der Waals surface area contributed by atoms with Crippen molar-refractivity contribution in [3.05, 3.63) is 29.8 Å². The van der Waals surface area contributed by atoms with E-state index in [1.807, 2.05) is 12.1 Å². The Labute approximate surface area is 112 Å². The van der Waals surface area contributed by atoms with Crippen molar-refractivity contribution in [3.8, 4) is 0 Å². The van der Waals surface area contributed by atoms with Crippen LogP contribution in [0.2, 0.25) is 0 Å². The zero-order valence-corrected chi connectivity index (χ0v) is 12.6. The van der Waals surface area contributed by atoms with Gasteiger partial charge in [-0.05, 0) is 23.5 Å². The van der Waals surface area contributed by atoms with Gasteiger partial charge in [-0.15, -0.1) is 10.3 Å². The average Bonchev–Trinajstić information content (AvgIpc) is 2.25. The van der Waals surface area contributed by atoms with Gasteiger partial charge in [-0.3, -0.25) is 0 Å². The van der Waals surface area contributed by atoms with E-state index in [1.54, 1.807) is 12.1 Å². The molecule has 0 bridgehead atoms. The van der Waals surface area contributed by atoms with Gasteiger partial charge in [0.15, 0.2) is 0 Å². The van der Waals surface area contributed by atoms with Gasteiger partial charge in [-0.2, -0.15) is 0 Å². The van der Waals surface area contributed by atoms with Crippen LogP contribution >= 0.6 is 10.3 Å². The fraction of sp³-hybridized carbons (Fsp3) is 0.538. The minimum atomic E-state index is -1.42. The van der Waals surface area contributed by atoms with Crippen LogP contribution in [0.3, 0.4) is 0 Å². The second-order valence-corrected chi connectivity index (χ2v) is 9.65. The molecule has 1 rings (SSSR count). The highest BCUT2D eigenvalue weighted by atomic mass is 32.3. The highest BCUT2D eigenvalue weighted by Crippen LogP contribution is 2.54. The van der Waals surface area contributed by atoms with E-state index in [0.29, 0.717) is 12.1 Å². The normalized spacial score (nSPS) is 13.5. The number of hydrogen-bond acceptors (Lipinski definition) is 3. The van der Waals surface area contributed by atoms with Crippen molar-refractivity contribution < 1.29 is 14.2 Å². The first-order valence-corrected chi connectivity index (χ1v) is 8.33. The molecule has 0 aliphatic heterocycles. The van der Waals surface area contributed by atoms with Crippen molar-refractivity contribution in [1.82, 2.24) is 0 Å². The quantitative estimate of drug-likeness (QED) is 0.818. The lowest BCUT2D eigenvalue weighted by Crippen LogP contribution is -2.30. The summed E-state index contributed by atoms with van der Waals surface area (Å²) in [5, 5.41) is 18.3. The highest BCUT2D eigenvalue weighted by molar-refractivity contribution is 8.29. The summed E-state index contributed by atoms with van der Waals surface area (Å²) < 4.78 is 6.16. The molecule has 0 saturated heterocycles. The van der Waals surface area contributed by atoms with Crippen LogP contribution in [0.25, 0.3) is 0 Å². The van der Waals surface area contributed by atoms with E-state index in [4.69, 9.17) is 14.2 Å². The van der Waals surface area contributed by atoms with Crippen molar-refractivity contribution >= 4 is 22.9 Å². The Kier molecular flexibility index (Phi) is 4.89. The molecular weight excluding hydrogens is 247 g/mol. The molecule has 0 aromatic heterocycles. The van der Waals surface area contributed by atoms with Crippen LogP contribution < -0.4 is 5.46 Å². The monoisotopic (exact) mass is 270 g/mol. The Balaban J connectivity index is 2.72. The van der Waals surface area contributed by atoms with Crippen LogP contribution in [-0.2, 0) is 10.8 Å². The molecule has 0 fully saturated rings. The highest BCUT2D eigenvalue weighted by Gasteiger charge is 2.28. The van der Waals surface area contributed by atoms with Crippen LogP contribution in [-0.4, -0.2) is 34.4 Å². The van der Waals surface area contributed by atoms with Crippen molar-refractivity contribution in [1.29, 1.82) is 0 Å². The van der Waals surface area contributed by atoms with Crippen LogP contribution in [0.4, 0.5) is 0 Å². The lowest BCUT2D eigenvalue weighted by molar-refractivity contribution is 0.339. The molecule has 0 aliphatic rings. The van der Waals surface area contributed by atoms with Crippen LogP contribution in [0, 0.1) is 0 Å². The van der Waals surface area contributed by atoms with Crippen molar-refractivity contribution in [2.45, 2.75) is 32.1 Å². The Morgan fingerprint density at radius 2 is 1.83 bits per heavy atom. The van der Waals surface area contributed by atoms with Gasteiger partial charge in [0.1, 0.15) is 0 Å². The summed E-state index contributed by atoms with van der Waals surface area (Å²) in [5.41, 5.74) is 1.46. The third-order valence-electron chi connectivity index (χ3n) is 3.24. The Bertz CT molecular complexity index is 399. The molecule has 0 heterocycles. The topological polar surface area (TPSA) is 49.7 Å². The summed E-state index contributed by atoms with van der Waals surface area (Å²) in [6.07, 6.45) is 4.30. The molecule has 3 nitrogen and oxygen atoms in total. The Morgan fingerprint density at radius 3 is 2.33 bits per heavy atom. The molecule has 0 atom stereocenters. The maximum absolute atomic E-state index is 9.13. The fourth-order valence-corrected chi connectivity index (χ4v) is 2.02. The Morgan fingerprint density at radius 1 is 1.22 bits per heavy atom. The molecule has 0 unspecified atom stereocenters. The molecule has 102 valence electrons. The summed E-state index contributed by atoms with van der Waals surface area (Å²) in [7, 11) is -2.58. The third-order valence-corrected chi connectivity index (χ3v) is 6.90. The molecule has 0 amide bonds. The van der Waals surface area contributed by atoms with Gasteiger partial charge >= 0.3 is 7.12 Å². The first kappa shape index (κ1) is 15.6. The number of hydrogen-bond donors (Lipinski definition) is 2. The number of benzene rings is 1. The van der Waals surface area contributed by atoms with E-state index in [9.17, 15) is 0 Å². The molecule has 18 heavy (non-hydrogen) atoms. The standard InChI is InChI=1S/C13H23BO3S/c1-13(2,3)18(4,5)17-10-11-7-6-8-12(9-11)14(15)16/h6-9,15-16H,10H2,1-5H3. The smallest absolute Gasteiger partial charge is 0.423 e. The van der Waals surface area contributed by atoms with E-state index in [1.165, 1.54) is 0 Å². The Hall–Kier alpha value is -0.485. The fourth-order valence-electron chi connectivity index (χ4n) is 1.24. The summed E-state index contributed by atoms with van der Waals surface area (Å²) in [6, 6.07) is 7.20. The molecule has 0 saturated carbocycles. The third kappa shape index (κ3) is 4.02. The molecular formula is C13H23BO3S. The average molecular weight is 270 g/mol. The molecule has 0 spiro atoms. The SMILES string of the molecule is CC(C)(C)S(C)(C)OCc1cccc(B(O)O)c1. The van der Waals surface area contributed by atoms with E-state index < -0.39 is 17.4 Å². The molecule has 5 heteroatoms. The van der Waals surface area contributed by atoms with Crippen LogP contribution in [0.5, 0.6) is 0 Å². The second-order valence-electron chi connectivity index (χ2n) is 5.73. The molecule has 2 N–H and O–H groups in total. The van der Waals surface area contributed by atoms with E-state index >= 15 is 0 Å². The van der Waals surface area contributed by atoms with Crippen molar-refractivity contribution in [2.24, 2.45) is 0 Å². The largest absolute Gasteiger partial charge is 0.488 e. The first-order valence-electron chi connectivity index (χ1n) is 5.96. The van der Waals surface area contributed by atoms with Crippen LogP contribution in [0.15, 0.2) is 24.3 Å². The molecule has 1 aromatic rings. The summed E-state index contributed by atoms with van der Waals surface area (Å²) >= 11 is 0. The van der Waals surface area contributed by atoms with Gasteiger partial charge in [0, 0.05) is 4.75 Å². The predicted octanol–water partition coefficient (Wildman–Crippen LogP) is 1.66. The molecule has 1 aromatic carbocycles. The zero-order valence-electron chi connectivity index (χ0n) is 11.8. The van der Waals surface area contributed by atoms with Gasteiger partial charge in [0.25, 0.3) is 0 Å². The van der Waals surface area contributed by atoms with Gasteiger partial charge in [0.2, 0.25) is 0 Å². The summed E-state index contributed by atoms with van der Waals surface area (Å²) in [5.74, 6) is 0. The van der Waals surface area contributed by atoms with Gasteiger partial charge in [0.05, 0.1) is 6.61 Å². The van der Waals surface area contributed by atoms with Crippen molar-refractivity contribution in [3.63, 3.8) is 0 Å². The molecule has 0 radical (unpaired) electrons. The van der Waals surface area contributed by atoms with Gasteiger partial charge in [-0.1, -0.05) is 45.0 Å².